The molecule has 0 aromatic heterocycles. The molecular formula is C18H24N2O4. The second-order valence-electron chi connectivity index (χ2n) is 6.63. The number of hydrogen-bond donors (Lipinski definition) is 2. The average Bonchev–Trinajstić information content (AvgIpc) is 3.35. The third kappa shape index (κ3) is 4.57. The molecule has 1 aliphatic carbocycles. The van der Waals surface area contributed by atoms with E-state index in [4.69, 9.17) is 5.11 Å². The Balaban J connectivity index is 2.09. The maximum absolute atomic E-state index is 12.7. The number of carbonyl (C=O) groups is 3. The molecule has 0 aliphatic heterocycles. The van der Waals surface area contributed by atoms with Crippen molar-refractivity contribution in [3.8, 4) is 0 Å². The maximum atomic E-state index is 12.7. The van der Waals surface area contributed by atoms with Crippen LogP contribution in [-0.2, 0) is 4.79 Å². The van der Waals surface area contributed by atoms with Gasteiger partial charge >= 0.3 is 5.97 Å². The molecule has 0 radical (unpaired) electrons. The monoisotopic (exact) mass is 332 g/mol. The van der Waals surface area contributed by atoms with E-state index in [2.05, 4.69) is 5.32 Å². The molecule has 24 heavy (non-hydrogen) atoms. The van der Waals surface area contributed by atoms with Crippen molar-refractivity contribution in [2.75, 3.05) is 6.54 Å². The molecule has 2 amide bonds. The van der Waals surface area contributed by atoms with Gasteiger partial charge < -0.3 is 15.3 Å². The number of nitrogens with one attached hydrogen (secondary N) is 1. The predicted molar refractivity (Wildman–Crippen MR) is 89.9 cm³/mol. The second-order valence-corrected chi connectivity index (χ2v) is 6.63. The number of carboxylic acid groups (broad SMARTS) is 1. The fraction of sp³-hybridized carbons (Fsp3) is 0.500. The first-order chi connectivity index (χ1) is 11.3. The lowest BCUT2D eigenvalue weighted by Crippen LogP contribution is -2.38. The molecule has 0 spiro atoms. The van der Waals surface area contributed by atoms with Gasteiger partial charge in [-0.1, -0.05) is 6.92 Å². The Morgan fingerprint density at radius 3 is 2.12 bits per heavy atom. The smallest absolute Gasteiger partial charge is 0.308 e. The van der Waals surface area contributed by atoms with Crippen LogP contribution in [0.1, 0.15) is 54.3 Å². The number of carboxylic acids is 1. The van der Waals surface area contributed by atoms with Crippen LogP contribution >= 0.6 is 0 Å². The Bertz CT molecular complexity index is 620. The first-order valence-electron chi connectivity index (χ1n) is 8.24. The maximum Gasteiger partial charge on any atom is 0.308 e. The van der Waals surface area contributed by atoms with Crippen LogP contribution in [0.25, 0.3) is 0 Å². The Labute approximate surface area is 141 Å². The number of amides is 2. The highest BCUT2D eigenvalue weighted by atomic mass is 16.4. The van der Waals surface area contributed by atoms with Gasteiger partial charge in [-0.15, -0.1) is 0 Å². The first-order valence-corrected chi connectivity index (χ1v) is 8.24. The van der Waals surface area contributed by atoms with Gasteiger partial charge in [0.2, 0.25) is 0 Å². The van der Waals surface area contributed by atoms with E-state index in [0.29, 0.717) is 11.1 Å². The highest BCUT2D eigenvalue weighted by molar-refractivity contribution is 5.98. The summed E-state index contributed by atoms with van der Waals surface area (Å²) in [5, 5.41) is 11.9. The van der Waals surface area contributed by atoms with Crippen LogP contribution < -0.4 is 5.32 Å². The number of nitrogens with zero attached hydrogens (tertiary/aromatic N) is 1. The number of carbonyl (C=O) groups excluding carboxylic acids is 2. The van der Waals surface area contributed by atoms with E-state index in [1.54, 1.807) is 36.1 Å². The number of rotatable bonds is 7. The van der Waals surface area contributed by atoms with Gasteiger partial charge in [0.25, 0.3) is 11.8 Å². The summed E-state index contributed by atoms with van der Waals surface area (Å²) in [5.74, 6) is -1.87. The summed E-state index contributed by atoms with van der Waals surface area (Å²) in [4.78, 5) is 37.3. The number of hydrogen-bond acceptors (Lipinski definition) is 3. The molecule has 1 aromatic carbocycles. The quantitative estimate of drug-likeness (QED) is 0.801. The van der Waals surface area contributed by atoms with Crippen LogP contribution in [0.2, 0.25) is 0 Å². The normalized spacial score (nSPS) is 15.0. The van der Waals surface area contributed by atoms with Gasteiger partial charge in [-0.25, -0.2) is 0 Å². The SMILES string of the molecule is CC(C)NC(=O)c1ccc(C(=O)N(CC(C)C(=O)O)C2CC2)cc1. The van der Waals surface area contributed by atoms with Crippen molar-refractivity contribution in [2.45, 2.75) is 45.7 Å². The predicted octanol–water partition coefficient (Wildman–Crippen LogP) is 2.15. The molecule has 1 aromatic rings. The minimum Gasteiger partial charge on any atom is -0.481 e. The average molecular weight is 332 g/mol. The first kappa shape index (κ1) is 18.0. The molecule has 1 atom stereocenters. The highest BCUT2D eigenvalue weighted by Crippen LogP contribution is 2.29. The summed E-state index contributed by atoms with van der Waals surface area (Å²) in [6, 6.07) is 6.66. The lowest BCUT2D eigenvalue weighted by Gasteiger charge is -2.24. The van der Waals surface area contributed by atoms with E-state index >= 15 is 0 Å². The molecule has 1 fully saturated rings. The van der Waals surface area contributed by atoms with E-state index in [1.165, 1.54) is 0 Å². The van der Waals surface area contributed by atoms with Crippen molar-refractivity contribution in [3.05, 3.63) is 35.4 Å². The fourth-order valence-corrected chi connectivity index (χ4v) is 2.43. The third-order valence-electron chi connectivity index (χ3n) is 3.95. The van der Waals surface area contributed by atoms with E-state index in [9.17, 15) is 14.4 Å². The summed E-state index contributed by atoms with van der Waals surface area (Å²) >= 11 is 0. The summed E-state index contributed by atoms with van der Waals surface area (Å²) < 4.78 is 0. The summed E-state index contributed by atoms with van der Waals surface area (Å²) in [6.45, 7) is 5.57. The van der Waals surface area contributed by atoms with Gasteiger partial charge in [-0.2, -0.15) is 0 Å². The molecule has 1 unspecified atom stereocenters. The third-order valence-corrected chi connectivity index (χ3v) is 3.95. The van der Waals surface area contributed by atoms with Gasteiger partial charge in [0, 0.05) is 29.8 Å². The molecule has 0 saturated heterocycles. The zero-order chi connectivity index (χ0) is 17.9. The molecule has 2 N–H and O–H groups in total. The van der Waals surface area contributed by atoms with Crippen LogP contribution in [0.15, 0.2) is 24.3 Å². The zero-order valence-electron chi connectivity index (χ0n) is 14.3. The van der Waals surface area contributed by atoms with E-state index in [1.807, 2.05) is 13.8 Å². The molecule has 6 heteroatoms. The van der Waals surface area contributed by atoms with Crippen LogP contribution in [0.3, 0.4) is 0 Å². The molecule has 2 rings (SSSR count). The second kappa shape index (κ2) is 7.47. The molecule has 130 valence electrons. The molecule has 6 nitrogen and oxygen atoms in total. The lowest BCUT2D eigenvalue weighted by molar-refractivity contribution is -0.141. The summed E-state index contributed by atoms with van der Waals surface area (Å²) in [7, 11) is 0. The topological polar surface area (TPSA) is 86.7 Å². The Kier molecular flexibility index (Phi) is 5.59. The molecule has 0 bridgehead atoms. The Morgan fingerprint density at radius 1 is 1.12 bits per heavy atom. The van der Waals surface area contributed by atoms with Crippen molar-refractivity contribution >= 4 is 17.8 Å². The zero-order valence-corrected chi connectivity index (χ0v) is 14.3. The Hall–Kier alpha value is -2.37. The van der Waals surface area contributed by atoms with E-state index in [0.717, 1.165) is 12.8 Å². The van der Waals surface area contributed by atoms with Crippen molar-refractivity contribution < 1.29 is 19.5 Å². The van der Waals surface area contributed by atoms with Gasteiger partial charge in [-0.3, -0.25) is 14.4 Å². The van der Waals surface area contributed by atoms with Gasteiger partial charge in [0.15, 0.2) is 0 Å². The molecule has 1 aliphatic rings. The standard InChI is InChI=1S/C18H24N2O4/c1-11(2)19-16(21)13-4-6-14(7-5-13)17(22)20(15-8-9-15)10-12(3)18(23)24/h4-7,11-12,15H,8-10H2,1-3H3,(H,19,21)(H,23,24). The number of benzene rings is 1. The summed E-state index contributed by atoms with van der Waals surface area (Å²) in [6.07, 6.45) is 1.82. The van der Waals surface area contributed by atoms with Crippen molar-refractivity contribution in [1.29, 1.82) is 0 Å². The van der Waals surface area contributed by atoms with Crippen molar-refractivity contribution in [1.82, 2.24) is 10.2 Å². The van der Waals surface area contributed by atoms with Crippen LogP contribution in [-0.4, -0.2) is 46.4 Å². The van der Waals surface area contributed by atoms with E-state index < -0.39 is 11.9 Å². The van der Waals surface area contributed by atoms with Crippen LogP contribution in [0, 0.1) is 5.92 Å². The summed E-state index contributed by atoms with van der Waals surface area (Å²) in [5.41, 5.74) is 0.970. The minimum absolute atomic E-state index is 0.0432. The van der Waals surface area contributed by atoms with Crippen LogP contribution in [0.5, 0.6) is 0 Å². The van der Waals surface area contributed by atoms with Crippen molar-refractivity contribution in [3.63, 3.8) is 0 Å². The minimum atomic E-state index is -0.908. The highest BCUT2D eigenvalue weighted by Gasteiger charge is 2.34. The fourth-order valence-electron chi connectivity index (χ4n) is 2.43. The van der Waals surface area contributed by atoms with Crippen LogP contribution in [0.4, 0.5) is 0 Å². The van der Waals surface area contributed by atoms with Gasteiger partial charge in [0.1, 0.15) is 0 Å². The molecular weight excluding hydrogens is 308 g/mol. The van der Waals surface area contributed by atoms with Crippen molar-refractivity contribution in [2.24, 2.45) is 5.92 Å². The van der Waals surface area contributed by atoms with E-state index in [-0.39, 0.29) is 30.4 Å². The Morgan fingerprint density at radius 2 is 1.67 bits per heavy atom. The number of aliphatic carboxylic acids is 1. The van der Waals surface area contributed by atoms with Gasteiger partial charge in [-0.05, 0) is 51.0 Å². The molecule has 0 heterocycles. The van der Waals surface area contributed by atoms with Gasteiger partial charge in [0.05, 0.1) is 5.92 Å². The largest absolute Gasteiger partial charge is 0.481 e. The molecule has 1 saturated carbocycles. The lowest BCUT2D eigenvalue weighted by atomic mass is 10.1.